The summed E-state index contributed by atoms with van der Waals surface area (Å²) in [5, 5.41) is 2.57. The van der Waals surface area contributed by atoms with Gasteiger partial charge in [0.1, 0.15) is 12.1 Å². The van der Waals surface area contributed by atoms with Gasteiger partial charge in [-0.3, -0.25) is 9.36 Å². The molecule has 0 aromatic carbocycles. The van der Waals surface area contributed by atoms with E-state index in [1.54, 1.807) is 30.2 Å². The van der Waals surface area contributed by atoms with Gasteiger partial charge in [-0.2, -0.15) is 0 Å². The molecule has 0 saturated carbocycles. The van der Waals surface area contributed by atoms with Crippen molar-refractivity contribution in [3.63, 3.8) is 0 Å². The minimum atomic E-state index is -0.237. The SMILES string of the molecule is C=C(C)C(=O)NC(=C)n1ccnc1. The molecular weight excluding hydrogens is 166 g/mol. The Bertz CT molecular complexity index is 338. The summed E-state index contributed by atoms with van der Waals surface area (Å²) in [7, 11) is 0. The van der Waals surface area contributed by atoms with Crippen LogP contribution in [-0.4, -0.2) is 15.5 Å². The average molecular weight is 177 g/mol. The second kappa shape index (κ2) is 3.71. The lowest BCUT2D eigenvalue weighted by Gasteiger charge is -2.07. The molecule has 1 aromatic rings. The molecule has 1 N–H and O–H groups in total. The number of hydrogen-bond acceptors (Lipinski definition) is 2. The molecule has 0 unspecified atom stereocenters. The Hall–Kier alpha value is -1.84. The van der Waals surface area contributed by atoms with Crippen molar-refractivity contribution < 1.29 is 4.79 Å². The van der Waals surface area contributed by atoms with Gasteiger partial charge in [0.2, 0.25) is 0 Å². The Morgan fingerprint density at radius 2 is 2.23 bits per heavy atom. The van der Waals surface area contributed by atoms with E-state index in [4.69, 9.17) is 0 Å². The summed E-state index contributed by atoms with van der Waals surface area (Å²) in [5.74, 6) is 0.226. The Morgan fingerprint density at radius 3 is 2.69 bits per heavy atom. The molecule has 0 atom stereocenters. The van der Waals surface area contributed by atoms with E-state index in [-0.39, 0.29) is 5.91 Å². The van der Waals surface area contributed by atoms with E-state index in [2.05, 4.69) is 23.5 Å². The molecule has 4 nitrogen and oxygen atoms in total. The predicted octanol–water partition coefficient (Wildman–Crippen LogP) is 1.00. The van der Waals surface area contributed by atoms with E-state index in [1.807, 2.05) is 0 Å². The first kappa shape index (κ1) is 9.25. The van der Waals surface area contributed by atoms with Crippen molar-refractivity contribution in [3.05, 3.63) is 37.5 Å². The number of rotatable bonds is 3. The van der Waals surface area contributed by atoms with Gasteiger partial charge < -0.3 is 5.32 Å². The summed E-state index contributed by atoms with van der Waals surface area (Å²) < 4.78 is 1.61. The maximum atomic E-state index is 11.1. The summed E-state index contributed by atoms with van der Waals surface area (Å²) in [6.07, 6.45) is 4.86. The van der Waals surface area contributed by atoms with Gasteiger partial charge in [-0.1, -0.05) is 13.2 Å². The Kier molecular flexibility index (Phi) is 2.64. The lowest BCUT2D eigenvalue weighted by atomic mass is 10.3. The highest BCUT2D eigenvalue weighted by molar-refractivity contribution is 5.95. The fourth-order valence-corrected chi connectivity index (χ4v) is 0.721. The topological polar surface area (TPSA) is 46.9 Å². The van der Waals surface area contributed by atoms with Gasteiger partial charge in [0.05, 0.1) is 0 Å². The van der Waals surface area contributed by atoms with Gasteiger partial charge >= 0.3 is 0 Å². The third-order valence-electron chi connectivity index (χ3n) is 1.46. The van der Waals surface area contributed by atoms with Crippen LogP contribution in [0.4, 0.5) is 0 Å². The molecule has 13 heavy (non-hydrogen) atoms. The zero-order valence-electron chi connectivity index (χ0n) is 7.45. The number of carbonyl (C=O) groups excluding carboxylic acids is 1. The number of carbonyl (C=O) groups is 1. The molecule has 0 saturated heterocycles. The molecular formula is C9H11N3O. The maximum Gasteiger partial charge on any atom is 0.251 e. The lowest BCUT2D eigenvalue weighted by molar-refractivity contribution is -0.116. The summed E-state index contributed by atoms with van der Waals surface area (Å²) in [4.78, 5) is 15.0. The first-order chi connectivity index (χ1) is 6.11. The van der Waals surface area contributed by atoms with Gasteiger partial charge in [-0.25, -0.2) is 4.98 Å². The average Bonchev–Trinajstić information content (AvgIpc) is 2.55. The third kappa shape index (κ3) is 2.30. The summed E-state index contributed by atoms with van der Waals surface area (Å²) in [5.41, 5.74) is 0.446. The molecule has 4 heteroatoms. The normalized spacial score (nSPS) is 9.31. The zero-order valence-corrected chi connectivity index (χ0v) is 7.45. The second-order valence-electron chi connectivity index (χ2n) is 2.65. The van der Waals surface area contributed by atoms with Crippen LogP contribution in [0.2, 0.25) is 0 Å². The van der Waals surface area contributed by atoms with E-state index in [0.29, 0.717) is 11.4 Å². The van der Waals surface area contributed by atoms with Crippen LogP contribution in [0.5, 0.6) is 0 Å². The standard InChI is InChI=1S/C9H11N3O/c1-7(2)9(13)11-8(3)12-5-4-10-6-12/h4-6H,1,3H2,2H3,(H,11,13). The van der Waals surface area contributed by atoms with Crippen molar-refractivity contribution >= 4 is 11.7 Å². The molecule has 1 rings (SSSR count). The number of imidazole rings is 1. The van der Waals surface area contributed by atoms with Crippen LogP contribution in [0.3, 0.4) is 0 Å². The zero-order chi connectivity index (χ0) is 9.84. The molecule has 0 fully saturated rings. The molecule has 0 radical (unpaired) electrons. The van der Waals surface area contributed by atoms with Crippen LogP contribution in [0, 0.1) is 0 Å². The van der Waals surface area contributed by atoms with Crippen molar-refractivity contribution in [3.8, 4) is 0 Å². The molecule has 0 aliphatic heterocycles. The largest absolute Gasteiger partial charge is 0.308 e. The van der Waals surface area contributed by atoms with Crippen LogP contribution < -0.4 is 5.32 Å². The first-order valence-electron chi connectivity index (χ1n) is 3.75. The van der Waals surface area contributed by atoms with Crippen molar-refractivity contribution in [1.82, 2.24) is 14.9 Å². The molecule has 1 aromatic heterocycles. The van der Waals surface area contributed by atoms with Gasteiger partial charge in [0, 0.05) is 18.0 Å². The fraction of sp³-hybridized carbons (Fsp3) is 0.111. The van der Waals surface area contributed by atoms with Gasteiger partial charge in [-0.15, -0.1) is 0 Å². The second-order valence-corrected chi connectivity index (χ2v) is 2.65. The fourth-order valence-electron chi connectivity index (χ4n) is 0.721. The van der Waals surface area contributed by atoms with Gasteiger partial charge in [0.25, 0.3) is 5.91 Å². The molecule has 1 heterocycles. The molecule has 0 spiro atoms. The first-order valence-corrected chi connectivity index (χ1v) is 3.75. The van der Waals surface area contributed by atoms with E-state index < -0.39 is 0 Å². The highest BCUT2D eigenvalue weighted by Gasteiger charge is 2.03. The summed E-state index contributed by atoms with van der Waals surface area (Å²) in [6, 6.07) is 0. The number of hydrogen-bond donors (Lipinski definition) is 1. The lowest BCUT2D eigenvalue weighted by Crippen LogP contribution is -2.24. The summed E-state index contributed by atoms with van der Waals surface area (Å²) >= 11 is 0. The highest BCUT2D eigenvalue weighted by atomic mass is 16.1. The van der Waals surface area contributed by atoms with Crippen molar-refractivity contribution in [1.29, 1.82) is 0 Å². The Morgan fingerprint density at radius 1 is 1.54 bits per heavy atom. The van der Waals surface area contributed by atoms with Crippen molar-refractivity contribution in [2.45, 2.75) is 6.92 Å². The number of nitrogens with zero attached hydrogens (tertiary/aromatic N) is 2. The Labute approximate surface area is 76.6 Å². The number of amides is 1. The van der Waals surface area contributed by atoms with E-state index in [9.17, 15) is 4.79 Å². The maximum absolute atomic E-state index is 11.1. The minimum Gasteiger partial charge on any atom is -0.308 e. The van der Waals surface area contributed by atoms with Crippen molar-refractivity contribution in [2.24, 2.45) is 0 Å². The van der Waals surface area contributed by atoms with Crippen LogP contribution in [0.15, 0.2) is 37.5 Å². The van der Waals surface area contributed by atoms with Crippen molar-refractivity contribution in [2.75, 3.05) is 0 Å². The summed E-state index contributed by atoms with van der Waals surface area (Å²) in [6.45, 7) is 8.82. The number of aromatic nitrogens is 2. The minimum absolute atomic E-state index is 0.237. The van der Waals surface area contributed by atoms with Crippen LogP contribution >= 0.6 is 0 Å². The van der Waals surface area contributed by atoms with Crippen LogP contribution in [0.1, 0.15) is 6.92 Å². The third-order valence-corrected chi connectivity index (χ3v) is 1.46. The molecule has 68 valence electrons. The molecule has 1 amide bonds. The van der Waals surface area contributed by atoms with Gasteiger partial charge in [0.15, 0.2) is 0 Å². The smallest absolute Gasteiger partial charge is 0.251 e. The van der Waals surface area contributed by atoms with E-state index in [1.165, 1.54) is 0 Å². The highest BCUT2D eigenvalue weighted by Crippen LogP contribution is 1.97. The number of nitrogens with one attached hydrogen (secondary N) is 1. The predicted molar refractivity (Wildman–Crippen MR) is 50.5 cm³/mol. The Balaban J connectivity index is 2.62. The molecule has 0 bridgehead atoms. The van der Waals surface area contributed by atoms with Crippen LogP contribution in [0.25, 0.3) is 5.82 Å². The molecule has 0 aliphatic rings. The quantitative estimate of drug-likeness (QED) is 0.700. The monoisotopic (exact) mass is 177 g/mol. The van der Waals surface area contributed by atoms with Gasteiger partial charge in [-0.05, 0) is 6.92 Å². The van der Waals surface area contributed by atoms with Crippen LogP contribution in [-0.2, 0) is 4.79 Å². The van der Waals surface area contributed by atoms with E-state index >= 15 is 0 Å². The molecule has 0 aliphatic carbocycles. The van der Waals surface area contributed by atoms with E-state index in [0.717, 1.165) is 0 Å².